The molecular weight excluding hydrogens is 210 g/mol. The van der Waals surface area contributed by atoms with Crippen LogP contribution >= 0.6 is 11.6 Å². The minimum atomic E-state index is 0.164. The minimum absolute atomic E-state index is 0.164. The lowest BCUT2D eigenvalue weighted by molar-refractivity contribution is 0.203. The third-order valence-electron chi connectivity index (χ3n) is 2.89. The van der Waals surface area contributed by atoms with Gasteiger partial charge < -0.3 is 5.11 Å². The van der Waals surface area contributed by atoms with Crippen LogP contribution in [-0.2, 0) is 0 Å². The molecular formula is C12H14ClNO. The number of aromatic nitrogens is 1. The van der Waals surface area contributed by atoms with Gasteiger partial charge in [0.05, 0.1) is 10.7 Å². The Hall–Kier alpha value is -0.860. The van der Waals surface area contributed by atoms with Crippen molar-refractivity contribution in [2.24, 2.45) is 5.92 Å². The number of aliphatic hydroxyl groups excluding tert-OH is 1. The van der Waals surface area contributed by atoms with Crippen molar-refractivity contribution in [3.63, 3.8) is 0 Å². The third kappa shape index (κ3) is 2.21. The van der Waals surface area contributed by atoms with Gasteiger partial charge in [-0.15, -0.1) is 0 Å². The van der Waals surface area contributed by atoms with Gasteiger partial charge in [0.1, 0.15) is 0 Å². The Kier molecular flexibility index (Phi) is 3.39. The van der Waals surface area contributed by atoms with E-state index >= 15 is 0 Å². The number of aliphatic hydroxyl groups is 1. The molecule has 0 aliphatic heterocycles. The summed E-state index contributed by atoms with van der Waals surface area (Å²) >= 11 is 6.10. The minimum Gasteiger partial charge on any atom is -0.396 e. The summed E-state index contributed by atoms with van der Waals surface area (Å²) in [5, 5.41) is 10.00. The van der Waals surface area contributed by atoms with Crippen LogP contribution in [0.5, 0.6) is 0 Å². The number of hydrogen-bond acceptors (Lipinski definition) is 2. The Labute approximate surface area is 94.6 Å². The van der Waals surface area contributed by atoms with Crippen molar-refractivity contribution in [3.05, 3.63) is 41.2 Å². The number of halogens is 1. The topological polar surface area (TPSA) is 33.1 Å². The fourth-order valence-corrected chi connectivity index (χ4v) is 2.30. The van der Waals surface area contributed by atoms with Gasteiger partial charge in [-0.25, -0.2) is 0 Å². The zero-order chi connectivity index (χ0) is 10.7. The van der Waals surface area contributed by atoms with Crippen LogP contribution in [0.1, 0.15) is 24.5 Å². The molecule has 1 unspecified atom stereocenters. The Balaban J connectivity index is 2.32. The van der Waals surface area contributed by atoms with E-state index in [2.05, 4.69) is 17.1 Å². The van der Waals surface area contributed by atoms with E-state index < -0.39 is 0 Å². The highest BCUT2D eigenvalue weighted by Gasteiger charge is 2.25. The number of hydrogen-bond donors (Lipinski definition) is 1. The quantitative estimate of drug-likeness (QED) is 0.783. The molecule has 0 saturated heterocycles. The normalized spacial score (nSPS) is 25.5. The molecule has 1 heterocycles. The van der Waals surface area contributed by atoms with Crippen LogP contribution in [0.15, 0.2) is 30.5 Å². The van der Waals surface area contributed by atoms with Crippen molar-refractivity contribution in [1.29, 1.82) is 0 Å². The smallest absolute Gasteiger partial charge is 0.0661 e. The van der Waals surface area contributed by atoms with Gasteiger partial charge in [0.15, 0.2) is 0 Å². The molecule has 80 valence electrons. The van der Waals surface area contributed by atoms with Gasteiger partial charge in [-0.1, -0.05) is 23.8 Å². The lowest BCUT2D eigenvalue weighted by Gasteiger charge is -2.25. The summed E-state index contributed by atoms with van der Waals surface area (Å²) < 4.78 is 0. The van der Waals surface area contributed by atoms with E-state index in [1.54, 1.807) is 6.20 Å². The second kappa shape index (κ2) is 4.77. The Morgan fingerprint density at radius 3 is 3.13 bits per heavy atom. The molecule has 0 aromatic carbocycles. The van der Waals surface area contributed by atoms with Crippen LogP contribution in [0, 0.1) is 5.92 Å². The zero-order valence-electron chi connectivity index (χ0n) is 8.44. The van der Waals surface area contributed by atoms with Crippen molar-refractivity contribution >= 4 is 11.6 Å². The molecule has 0 amide bonds. The van der Waals surface area contributed by atoms with E-state index in [0.717, 1.165) is 18.5 Å². The highest BCUT2D eigenvalue weighted by molar-refractivity contribution is 6.31. The molecule has 0 saturated carbocycles. The summed E-state index contributed by atoms with van der Waals surface area (Å²) in [5.41, 5.74) is 0.883. The van der Waals surface area contributed by atoms with Gasteiger partial charge in [-0.05, 0) is 30.9 Å². The molecule has 0 bridgehead atoms. The molecule has 0 spiro atoms. The maximum absolute atomic E-state index is 9.31. The van der Waals surface area contributed by atoms with E-state index in [-0.39, 0.29) is 18.4 Å². The average molecular weight is 224 g/mol. The molecule has 1 N–H and O–H groups in total. The predicted octanol–water partition coefficient (Wildman–Crippen LogP) is 2.78. The molecule has 2 nitrogen and oxygen atoms in total. The van der Waals surface area contributed by atoms with Crippen molar-refractivity contribution in [2.75, 3.05) is 6.61 Å². The molecule has 1 aliphatic carbocycles. The molecule has 15 heavy (non-hydrogen) atoms. The summed E-state index contributed by atoms with van der Waals surface area (Å²) in [5.74, 6) is 0.417. The van der Waals surface area contributed by atoms with Crippen LogP contribution in [-0.4, -0.2) is 16.7 Å². The van der Waals surface area contributed by atoms with Crippen LogP contribution in [0.2, 0.25) is 5.02 Å². The number of nitrogens with zero attached hydrogens (tertiary/aromatic N) is 1. The van der Waals surface area contributed by atoms with E-state index in [1.807, 2.05) is 12.1 Å². The van der Waals surface area contributed by atoms with Crippen molar-refractivity contribution in [2.45, 2.75) is 18.8 Å². The second-order valence-corrected chi connectivity index (χ2v) is 4.25. The van der Waals surface area contributed by atoms with Gasteiger partial charge in [-0.3, -0.25) is 4.98 Å². The summed E-state index contributed by atoms with van der Waals surface area (Å²) in [6.45, 7) is 0.196. The number of allylic oxidation sites excluding steroid dienone is 2. The molecule has 1 aromatic rings. The molecule has 2 atom stereocenters. The SMILES string of the molecule is OC[C@@H]1CCC=CC1c1ncccc1Cl. The molecule has 1 aliphatic rings. The standard InChI is InChI=1S/C12H14ClNO/c13-11-6-3-7-14-12(11)10-5-2-1-4-9(10)8-15/h2-3,5-7,9-10,15H,1,4,8H2/t9-,10?/m0/s1. The van der Waals surface area contributed by atoms with Crippen molar-refractivity contribution in [1.82, 2.24) is 4.98 Å². The average Bonchev–Trinajstić information content (AvgIpc) is 2.30. The van der Waals surface area contributed by atoms with Crippen LogP contribution in [0.4, 0.5) is 0 Å². The fourth-order valence-electron chi connectivity index (χ4n) is 2.05. The molecule has 3 heteroatoms. The van der Waals surface area contributed by atoms with Crippen LogP contribution < -0.4 is 0 Å². The summed E-state index contributed by atoms with van der Waals surface area (Å²) in [7, 11) is 0. The fraction of sp³-hybridized carbons (Fsp3) is 0.417. The predicted molar refractivity (Wildman–Crippen MR) is 60.9 cm³/mol. The van der Waals surface area contributed by atoms with Gasteiger partial charge in [-0.2, -0.15) is 0 Å². The van der Waals surface area contributed by atoms with Gasteiger partial charge in [0, 0.05) is 18.7 Å². The number of pyridine rings is 1. The van der Waals surface area contributed by atoms with E-state index in [4.69, 9.17) is 11.6 Å². The summed E-state index contributed by atoms with van der Waals surface area (Å²) in [6, 6.07) is 3.67. The maximum atomic E-state index is 9.31. The molecule has 1 aromatic heterocycles. The lowest BCUT2D eigenvalue weighted by Crippen LogP contribution is -2.19. The zero-order valence-corrected chi connectivity index (χ0v) is 9.19. The van der Waals surface area contributed by atoms with Crippen LogP contribution in [0.25, 0.3) is 0 Å². The van der Waals surface area contributed by atoms with Gasteiger partial charge in [0.2, 0.25) is 0 Å². The van der Waals surface area contributed by atoms with E-state index in [1.165, 1.54) is 0 Å². The van der Waals surface area contributed by atoms with Crippen molar-refractivity contribution < 1.29 is 5.11 Å². The third-order valence-corrected chi connectivity index (χ3v) is 3.21. The van der Waals surface area contributed by atoms with E-state index in [0.29, 0.717) is 5.02 Å². The number of rotatable bonds is 2. The first-order chi connectivity index (χ1) is 7.33. The Morgan fingerprint density at radius 2 is 2.40 bits per heavy atom. The lowest BCUT2D eigenvalue weighted by atomic mass is 9.82. The summed E-state index contributed by atoms with van der Waals surface area (Å²) in [4.78, 5) is 4.31. The monoisotopic (exact) mass is 223 g/mol. The van der Waals surface area contributed by atoms with Crippen LogP contribution in [0.3, 0.4) is 0 Å². The van der Waals surface area contributed by atoms with Gasteiger partial charge in [0.25, 0.3) is 0 Å². The molecule has 0 fully saturated rings. The summed E-state index contributed by atoms with van der Waals surface area (Å²) in [6.07, 6.45) is 8.04. The van der Waals surface area contributed by atoms with Gasteiger partial charge >= 0.3 is 0 Å². The maximum Gasteiger partial charge on any atom is 0.0661 e. The highest BCUT2D eigenvalue weighted by atomic mass is 35.5. The van der Waals surface area contributed by atoms with Crippen molar-refractivity contribution in [3.8, 4) is 0 Å². The molecule has 0 radical (unpaired) electrons. The Bertz CT molecular complexity index is 364. The highest BCUT2D eigenvalue weighted by Crippen LogP contribution is 2.35. The first kappa shape index (κ1) is 10.7. The largest absolute Gasteiger partial charge is 0.396 e. The second-order valence-electron chi connectivity index (χ2n) is 3.84. The first-order valence-electron chi connectivity index (χ1n) is 5.21. The molecule has 2 rings (SSSR count). The Morgan fingerprint density at radius 1 is 1.53 bits per heavy atom. The first-order valence-corrected chi connectivity index (χ1v) is 5.58. The van der Waals surface area contributed by atoms with E-state index in [9.17, 15) is 5.11 Å².